The monoisotopic (exact) mass is 368 g/mol. The predicted octanol–water partition coefficient (Wildman–Crippen LogP) is 1.66. The summed E-state index contributed by atoms with van der Waals surface area (Å²) in [5.41, 5.74) is 0. The van der Waals surface area contributed by atoms with Crippen molar-refractivity contribution in [3.05, 3.63) is 0 Å². The molecule has 0 radical (unpaired) electrons. The average molecular weight is 368 g/mol. The van der Waals surface area contributed by atoms with Crippen LogP contribution in [0.2, 0.25) is 0 Å². The van der Waals surface area contributed by atoms with Crippen molar-refractivity contribution in [3.8, 4) is 0 Å². The number of alkyl halides is 1. The number of ether oxygens (including phenoxy) is 2. The Bertz CT molecular complexity index is 150. The second kappa shape index (κ2) is 19.9. The maximum Gasteiger partial charge on any atom is 0.315 e. The van der Waals surface area contributed by atoms with Crippen LogP contribution in [0.5, 0.6) is 0 Å². The molecule has 0 bridgehead atoms. The number of methoxy groups -OCH3 is 2. The fraction of sp³-hybridized carbons (Fsp3) is 0.750. The zero-order valence-electron chi connectivity index (χ0n) is 9.28. The third-order valence-corrected chi connectivity index (χ3v) is 1.63. The summed E-state index contributed by atoms with van der Waals surface area (Å²) in [6, 6.07) is 0. The van der Waals surface area contributed by atoms with Gasteiger partial charge in [-0.2, -0.15) is 24.4 Å². The Labute approximate surface area is 114 Å². The molecule has 0 rings (SSSR count). The zero-order chi connectivity index (χ0) is 12.7. The molecule has 0 saturated carbocycles. The molecule has 0 fully saturated rings. The molecule has 0 aliphatic heterocycles. The molecule has 0 aromatic carbocycles. The normalized spacial score (nSPS) is 7.33. The summed E-state index contributed by atoms with van der Waals surface area (Å²) < 4.78 is 8.51. The van der Waals surface area contributed by atoms with E-state index in [2.05, 4.69) is 44.7 Å². The second-order valence-corrected chi connectivity index (χ2v) is 2.93. The van der Waals surface area contributed by atoms with E-state index in [1.54, 1.807) is 0 Å². The van der Waals surface area contributed by atoms with Crippen LogP contribution in [0, 0.1) is 0 Å². The van der Waals surface area contributed by atoms with Crippen molar-refractivity contribution >= 4 is 58.9 Å². The minimum absolute atomic E-state index is 0.160. The van der Waals surface area contributed by atoms with Crippen LogP contribution in [0.4, 0.5) is 0 Å². The van der Waals surface area contributed by atoms with Crippen LogP contribution in [0.15, 0.2) is 0 Å². The largest absolute Gasteiger partial charge is 0.468 e. The first kappa shape index (κ1) is 20.7. The Kier molecular flexibility index (Phi) is 27.5. The summed E-state index contributed by atoms with van der Waals surface area (Å²) in [7, 11) is 2.72. The molecule has 0 aromatic rings. The van der Waals surface area contributed by atoms with Crippen molar-refractivity contribution < 1.29 is 19.1 Å². The maximum absolute atomic E-state index is 10.2. The first-order valence-electron chi connectivity index (χ1n) is 3.73. The first-order chi connectivity index (χ1) is 7.12. The Balaban J connectivity index is -0.000000166. The molecule has 7 heteroatoms. The van der Waals surface area contributed by atoms with E-state index in [0.29, 0.717) is 5.75 Å². The Morgan fingerprint density at radius 2 is 1.60 bits per heavy atom. The summed E-state index contributed by atoms with van der Waals surface area (Å²) in [5.74, 6) is 0.165. The number of esters is 2. The molecular formula is C8H17IO4S2. The van der Waals surface area contributed by atoms with Crippen molar-refractivity contribution in [1.82, 2.24) is 0 Å². The van der Waals surface area contributed by atoms with E-state index < -0.39 is 0 Å². The van der Waals surface area contributed by atoms with E-state index in [9.17, 15) is 9.59 Å². The van der Waals surface area contributed by atoms with Gasteiger partial charge in [0.1, 0.15) is 0 Å². The van der Waals surface area contributed by atoms with E-state index in [4.69, 9.17) is 0 Å². The number of halogens is 1. The summed E-state index contributed by atoms with van der Waals surface area (Å²) in [6.45, 7) is 0. The first-order valence-corrected chi connectivity index (χ1v) is 7.92. The van der Waals surface area contributed by atoms with E-state index in [0.717, 1.165) is 0 Å². The topological polar surface area (TPSA) is 52.6 Å². The van der Waals surface area contributed by atoms with Gasteiger partial charge in [-0.3, -0.25) is 9.59 Å². The quantitative estimate of drug-likeness (QED) is 0.356. The van der Waals surface area contributed by atoms with Gasteiger partial charge in [-0.15, -0.1) is 0 Å². The molecule has 0 N–H and O–H groups in total. The van der Waals surface area contributed by atoms with Crippen molar-refractivity contribution in [3.63, 3.8) is 0 Å². The van der Waals surface area contributed by atoms with Crippen LogP contribution >= 0.6 is 47.0 Å². The highest BCUT2D eigenvalue weighted by atomic mass is 127. The van der Waals surface area contributed by atoms with Crippen LogP contribution in [-0.4, -0.2) is 48.9 Å². The smallest absolute Gasteiger partial charge is 0.315 e. The Hall–Kier alpha value is 0.370. The van der Waals surface area contributed by atoms with Gasteiger partial charge in [0.25, 0.3) is 0 Å². The SMILES string of the molecule is CI.COC(=O)CS.COC(=O)CSC. The summed E-state index contributed by atoms with van der Waals surface area (Å²) in [6.07, 6.45) is 1.86. The van der Waals surface area contributed by atoms with Gasteiger partial charge in [-0.05, 0) is 11.2 Å². The lowest BCUT2D eigenvalue weighted by atomic mass is 10.8. The highest BCUT2D eigenvalue weighted by Gasteiger charge is 1.93. The van der Waals surface area contributed by atoms with Crippen molar-refractivity contribution in [1.29, 1.82) is 0 Å². The molecule has 0 aliphatic rings. The van der Waals surface area contributed by atoms with Gasteiger partial charge in [-0.1, -0.05) is 22.6 Å². The van der Waals surface area contributed by atoms with Crippen LogP contribution in [-0.2, 0) is 19.1 Å². The number of hydrogen-bond acceptors (Lipinski definition) is 6. The average Bonchev–Trinajstić information content (AvgIpc) is 2.31. The van der Waals surface area contributed by atoms with E-state index in [1.807, 2.05) is 11.2 Å². The molecule has 0 heterocycles. The fourth-order valence-corrected chi connectivity index (χ4v) is 0.724. The van der Waals surface area contributed by atoms with Gasteiger partial charge in [0, 0.05) is 0 Å². The molecule has 0 aliphatic carbocycles. The third-order valence-electron chi connectivity index (χ3n) is 0.847. The van der Waals surface area contributed by atoms with Gasteiger partial charge in [0.15, 0.2) is 0 Å². The molecule has 15 heavy (non-hydrogen) atoms. The van der Waals surface area contributed by atoms with Gasteiger partial charge in [-0.25, -0.2) is 0 Å². The van der Waals surface area contributed by atoms with Crippen molar-refractivity contribution in [2.24, 2.45) is 0 Å². The standard InChI is InChI=1S/C4H8O2S.C3H6O2S.CH3I/c1-6-4(5)3-7-2;1-5-3(4)2-6;1-2/h3H2,1-2H3;6H,2H2,1H3;1H3. The molecule has 92 valence electrons. The highest BCUT2D eigenvalue weighted by molar-refractivity contribution is 14.1. The minimum atomic E-state index is -0.293. The highest BCUT2D eigenvalue weighted by Crippen LogP contribution is 1.90. The molecule has 0 amide bonds. The lowest BCUT2D eigenvalue weighted by Gasteiger charge is -1.90. The molecule has 0 aromatic heterocycles. The van der Waals surface area contributed by atoms with Crippen LogP contribution < -0.4 is 0 Å². The second-order valence-electron chi connectivity index (χ2n) is 1.74. The summed E-state index contributed by atoms with van der Waals surface area (Å²) in [4.78, 5) is 22.0. The zero-order valence-corrected chi connectivity index (χ0v) is 13.1. The maximum atomic E-state index is 10.2. The summed E-state index contributed by atoms with van der Waals surface area (Å²) in [5, 5.41) is 0. The molecule has 0 saturated heterocycles. The lowest BCUT2D eigenvalue weighted by Crippen LogP contribution is -2.01. The number of hydrogen-bond donors (Lipinski definition) is 1. The number of thioether (sulfide) groups is 1. The Morgan fingerprint density at radius 3 is 1.67 bits per heavy atom. The fourth-order valence-electron chi connectivity index (χ4n) is 0.241. The molecule has 4 nitrogen and oxygen atoms in total. The number of carbonyl (C=O) groups excluding carboxylic acids is 2. The lowest BCUT2D eigenvalue weighted by molar-refractivity contribution is -0.138. The molecular weight excluding hydrogens is 351 g/mol. The van der Waals surface area contributed by atoms with E-state index >= 15 is 0 Å². The predicted molar refractivity (Wildman–Crippen MR) is 76.2 cm³/mol. The number of carbonyl (C=O) groups is 2. The van der Waals surface area contributed by atoms with E-state index in [-0.39, 0.29) is 17.7 Å². The molecule has 0 spiro atoms. The third kappa shape index (κ3) is 25.0. The van der Waals surface area contributed by atoms with Crippen LogP contribution in [0.3, 0.4) is 0 Å². The number of thiol groups is 1. The minimum Gasteiger partial charge on any atom is -0.468 e. The van der Waals surface area contributed by atoms with E-state index in [1.165, 1.54) is 26.0 Å². The van der Waals surface area contributed by atoms with Gasteiger partial charge < -0.3 is 9.47 Å². The van der Waals surface area contributed by atoms with Crippen molar-refractivity contribution in [2.75, 3.05) is 36.9 Å². The van der Waals surface area contributed by atoms with Gasteiger partial charge in [0.2, 0.25) is 0 Å². The van der Waals surface area contributed by atoms with Crippen LogP contribution in [0.1, 0.15) is 0 Å². The summed E-state index contributed by atoms with van der Waals surface area (Å²) >= 11 is 7.23. The number of rotatable bonds is 3. The van der Waals surface area contributed by atoms with Gasteiger partial charge in [0.05, 0.1) is 25.7 Å². The van der Waals surface area contributed by atoms with Crippen molar-refractivity contribution in [2.45, 2.75) is 0 Å². The van der Waals surface area contributed by atoms with Crippen LogP contribution in [0.25, 0.3) is 0 Å². The Morgan fingerprint density at radius 1 is 1.20 bits per heavy atom. The molecule has 0 atom stereocenters. The molecule has 0 unspecified atom stereocenters. The van der Waals surface area contributed by atoms with Gasteiger partial charge >= 0.3 is 11.9 Å².